The van der Waals surface area contributed by atoms with E-state index in [0.29, 0.717) is 21.8 Å². The predicted octanol–water partition coefficient (Wildman–Crippen LogP) is 4.53. The fraction of sp³-hybridized carbons (Fsp3) is 0.0455. The summed E-state index contributed by atoms with van der Waals surface area (Å²) in [4.78, 5) is 13.0. The number of aromatic nitrogens is 1. The minimum Gasteiger partial charge on any atom is -0.506 e. The van der Waals surface area contributed by atoms with Gasteiger partial charge in [-0.2, -0.15) is 0 Å². The summed E-state index contributed by atoms with van der Waals surface area (Å²) < 4.78 is 30.4. The van der Waals surface area contributed by atoms with Crippen LogP contribution < -0.4 is 5.76 Å². The van der Waals surface area contributed by atoms with E-state index < -0.39 is 15.6 Å². The molecular formula is C22H16ClNO5S. The first kappa shape index (κ1) is 20.0. The Balaban J connectivity index is 2.04. The highest BCUT2D eigenvalue weighted by Gasteiger charge is 2.23. The summed E-state index contributed by atoms with van der Waals surface area (Å²) in [5.74, 6) is -0.586. The fourth-order valence-electron chi connectivity index (χ4n) is 3.17. The second kappa shape index (κ2) is 7.51. The lowest BCUT2D eigenvalue weighted by atomic mass is 10.1. The standard InChI is InChI=1S/C22H16ClNO5S/c1-30(27,28)17-10-7-14(8-11-17)20-21(15-5-3-2-4-6-15)29-22(26)24(20)18-13-16(23)9-12-19(18)25/h2-13,25H,1H3. The zero-order valence-corrected chi connectivity index (χ0v) is 17.3. The third kappa shape index (κ3) is 3.65. The highest BCUT2D eigenvalue weighted by Crippen LogP contribution is 2.36. The molecule has 0 aliphatic rings. The number of rotatable bonds is 4. The van der Waals surface area contributed by atoms with E-state index in [9.17, 15) is 18.3 Å². The molecule has 0 unspecified atom stereocenters. The Morgan fingerprint density at radius 1 is 0.933 bits per heavy atom. The van der Waals surface area contributed by atoms with Gasteiger partial charge in [-0.1, -0.05) is 54.1 Å². The van der Waals surface area contributed by atoms with Crippen molar-refractivity contribution in [3.8, 4) is 34.0 Å². The van der Waals surface area contributed by atoms with Gasteiger partial charge < -0.3 is 9.52 Å². The smallest absolute Gasteiger partial charge is 0.424 e. The maximum Gasteiger partial charge on any atom is 0.424 e. The van der Waals surface area contributed by atoms with E-state index in [4.69, 9.17) is 16.0 Å². The van der Waals surface area contributed by atoms with Crippen molar-refractivity contribution in [1.29, 1.82) is 0 Å². The molecule has 0 spiro atoms. The van der Waals surface area contributed by atoms with Crippen molar-refractivity contribution in [3.63, 3.8) is 0 Å². The number of oxazole rings is 1. The Kier molecular flexibility index (Phi) is 5.01. The van der Waals surface area contributed by atoms with Crippen molar-refractivity contribution >= 4 is 21.4 Å². The lowest BCUT2D eigenvalue weighted by Gasteiger charge is -2.11. The molecule has 0 saturated carbocycles. The number of hydrogen-bond acceptors (Lipinski definition) is 5. The number of phenols is 1. The molecule has 1 N–H and O–H groups in total. The maximum atomic E-state index is 12.8. The topological polar surface area (TPSA) is 89.5 Å². The molecule has 0 radical (unpaired) electrons. The van der Waals surface area contributed by atoms with E-state index in [1.165, 1.54) is 34.9 Å². The number of sulfone groups is 1. The Labute approximate surface area is 177 Å². The zero-order valence-electron chi connectivity index (χ0n) is 15.7. The summed E-state index contributed by atoms with van der Waals surface area (Å²) in [5.41, 5.74) is 1.70. The molecule has 0 aliphatic carbocycles. The molecule has 0 saturated heterocycles. The predicted molar refractivity (Wildman–Crippen MR) is 115 cm³/mol. The van der Waals surface area contributed by atoms with Crippen LogP contribution in [-0.2, 0) is 9.84 Å². The van der Waals surface area contributed by atoms with Gasteiger partial charge in [-0.3, -0.25) is 0 Å². The van der Waals surface area contributed by atoms with Gasteiger partial charge in [0.2, 0.25) is 0 Å². The van der Waals surface area contributed by atoms with E-state index in [0.717, 1.165) is 6.26 Å². The number of halogens is 1. The Hall–Kier alpha value is -3.29. The van der Waals surface area contributed by atoms with Crippen LogP contribution in [0.4, 0.5) is 0 Å². The Morgan fingerprint density at radius 2 is 1.60 bits per heavy atom. The SMILES string of the molecule is CS(=O)(=O)c1ccc(-c2c(-c3ccccc3)oc(=O)n2-c2cc(Cl)ccc2O)cc1. The summed E-state index contributed by atoms with van der Waals surface area (Å²) in [6, 6.07) is 19.5. The van der Waals surface area contributed by atoms with Crippen LogP contribution in [0.25, 0.3) is 28.3 Å². The van der Waals surface area contributed by atoms with Crippen LogP contribution in [-0.4, -0.2) is 24.3 Å². The summed E-state index contributed by atoms with van der Waals surface area (Å²) >= 11 is 6.09. The number of phenolic OH excluding ortho intramolecular Hbond substituents is 1. The first-order valence-corrected chi connectivity index (χ1v) is 11.1. The van der Waals surface area contributed by atoms with Crippen LogP contribution in [0.5, 0.6) is 5.75 Å². The van der Waals surface area contributed by atoms with Crippen LogP contribution in [0.2, 0.25) is 5.02 Å². The molecule has 0 atom stereocenters. The molecule has 1 aromatic heterocycles. The molecular weight excluding hydrogens is 426 g/mol. The summed E-state index contributed by atoms with van der Waals surface area (Å²) in [7, 11) is -3.38. The fourth-order valence-corrected chi connectivity index (χ4v) is 3.97. The lowest BCUT2D eigenvalue weighted by Crippen LogP contribution is -2.13. The third-order valence-electron chi connectivity index (χ3n) is 4.58. The molecule has 0 bridgehead atoms. The number of aromatic hydroxyl groups is 1. The normalized spacial score (nSPS) is 11.5. The van der Waals surface area contributed by atoms with Gasteiger partial charge in [0.1, 0.15) is 11.4 Å². The van der Waals surface area contributed by atoms with Gasteiger partial charge in [0, 0.05) is 22.4 Å². The molecule has 1 heterocycles. The van der Waals surface area contributed by atoms with Crippen molar-refractivity contribution in [2.45, 2.75) is 4.90 Å². The molecule has 3 aromatic carbocycles. The molecule has 152 valence electrons. The highest BCUT2D eigenvalue weighted by atomic mass is 35.5. The van der Waals surface area contributed by atoms with Crippen molar-refractivity contribution in [3.05, 3.63) is 88.4 Å². The van der Waals surface area contributed by atoms with E-state index in [2.05, 4.69) is 0 Å². The van der Waals surface area contributed by atoms with Gasteiger partial charge in [-0.05, 0) is 30.3 Å². The van der Waals surface area contributed by atoms with Gasteiger partial charge >= 0.3 is 5.76 Å². The minimum atomic E-state index is -3.38. The van der Waals surface area contributed by atoms with Crippen molar-refractivity contribution in [2.75, 3.05) is 6.26 Å². The van der Waals surface area contributed by atoms with E-state index in [1.807, 2.05) is 6.07 Å². The number of nitrogens with zero attached hydrogens (tertiary/aromatic N) is 1. The monoisotopic (exact) mass is 441 g/mol. The Morgan fingerprint density at radius 3 is 2.23 bits per heavy atom. The second-order valence-electron chi connectivity index (χ2n) is 6.68. The molecule has 30 heavy (non-hydrogen) atoms. The van der Waals surface area contributed by atoms with Crippen LogP contribution in [0, 0.1) is 0 Å². The minimum absolute atomic E-state index is 0.149. The average Bonchev–Trinajstić information content (AvgIpc) is 3.07. The summed E-state index contributed by atoms with van der Waals surface area (Å²) in [6.07, 6.45) is 1.12. The van der Waals surface area contributed by atoms with Crippen molar-refractivity contribution in [2.24, 2.45) is 0 Å². The third-order valence-corrected chi connectivity index (χ3v) is 5.94. The molecule has 0 fully saturated rings. The zero-order chi connectivity index (χ0) is 21.5. The second-order valence-corrected chi connectivity index (χ2v) is 9.13. The Bertz CT molecular complexity index is 1390. The lowest BCUT2D eigenvalue weighted by molar-refractivity contribution is 0.466. The van der Waals surface area contributed by atoms with Gasteiger partial charge in [-0.25, -0.2) is 17.8 Å². The molecule has 0 amide bonds. The average molecular weight is 442 g/mol. The van der Waals surface area contributed by atoms with Crippen molar-refractivity contribution in [1.82, 2.24) is 4.57 Å². The maximum absolute atomic E-state index is 12.8. The van der Waals surface area contributed by atoms with E-state index in [1.54, 1.807) is 36.4 Å². The molecule has 6 nitrogen and oxygen atoms in total. The van der Waals surface area contributed by atoms with Gasteiger partial charge in [0.25, 0.3) is 0 Å². The quantitative estimate of drug-likeness (QED) is 0.502. The van der Waals surface area contributed by atoms with Crippen LogP contribution in [0.3, 0.4) is 0 Å². The van der Waals surface area contributed by atoms with Crippen LogP contribution in [0.15, 0.2) is 86.9 Å². The number of hydrogen-bond donors (Lipinski definition) is 1. The van der Waals surface area contributed by atoms with E-state index in [-0.39, 0.29) is 22.1 Å². The van der Waals surface area contributed by atoms with Crippen LogP contribution in [0.1, 0.15) is 0 Å². The largest absolute Gasteiger partial charge is 0.506 e. The summed E-state index contributed by atoms with van der Waals surface area (Å²) in [6.45, 7) is 0. The molecule has 4 rings (SSSR count). The number of benzene rings is 3. The molecule has 0 aliphatic heterocycles. The highest BCUT2D eigenvalue weighted by molar-refractivity contribution is 7.90. The van der Waals surface area contributed by atoms with Crippen molar-refractivity contribution < 1.29 is 17.9 Å². The van der Waals surface area contributed by atoms with Gasteiger partial charge in [0.05, 0.1) is 10.6 Å². The van der Waals surface area contributed by atoms with E-state index >= 15 is 0 Å². The summed E-state index contributed by atoms with van der Waals surface area (Å²) in [5, 5.41) is 10.7. The molecule has 4 aromatic rings. The van der Waals surface area contributed by atoms with Gasteiger partial charge in [-0.15, -0.1) is 0 Å². The van der Waals surface area contributed by atoms with Gasteiger partial charge in [0.15, 0.2) is 15.6 Å². The van der Waals surface area contributed by atoms with Crippen LogP contribution >= 0.6 is 11.6 Å². The molecule has 8 heteroatoms. The first-order chi connectivity index (χ1) is 14.3. The first-order valence-electron chi connectivity index (χ1n) is 8.86.